The molecule has 2 saturated heterocycles. The van der Waals surface area contributed by atoms with Crippen LogP contribution in [0.5, 0.6) is 11.5 Å². The van der Waals surface area contributed by atoms with E-state index >= 15 is 0 Å². The van der Waals surface area contributed by atoms with E-state index < -0.39 is 31.5 Å². The summed E-state index contributed by atoms with van der Waals surface area (Å²) in [4.78, 5) is 25.3. The summed E-state index contributed by atoms with van der Waals surface area (Å²) in [5.41, 5.74) is -1.80. The molecule has 10 nitrogen and oxygen atoms in total. The summed E-state index contributed by atoms with van der Waals surface area (Å²) in [7, 11) is -4.14. The van der Waals surface area contributed by atoms with Crippen LogP contribution in [0.4, 0.5) is 11.4 Å². The van der Waals surface area contributed by atoms with E-state index in [1.807, 2.05) is 0 Å². The molecule has 0 saturated carbocycles. The average molecular weight is 560 g/mol. The number of phenolic OH excluding ortho intramolecular Hbond substituents is 1. The van der Waals surface area contributed by atoms with E-state index in [0.29, 0.717) is 19.8 Å². The Hall–Kier alpha value is -2.18. The van der Waals surface area contributed by atoms with Crippen molar-refractivity contribution in [3.05, 3.63) is 37.6 Å². The number of hydrogen-bond acceptors (Lipinski definition) is 9. The second kappa shape index (κ2) is 14.1. The predicted octanol–water partition coefficient (Wildman–Crippen LogP) is 3.32. The van der Waals surface area contributed by atoms with Crippen LogP contribution in [0, 0.1) is 0 Å². The highest BCUT2D eigenvalue weighted by atomic mass is 35.5. The third kappa shape index (κ3) is 7.02. The van der Waals surface area contributed by atoms with Gasteiger partial charge in [-0.1, -0.05) is 52.1 Å². The van der Waals surface area contributed by atoms with Crippen molar-refractivity contribution in [2.75, 3.05) is 51.3 Å². The highest BCUT2D eigenvalue weighted by molar-refractivity contribution is 7.89. The first-order valence-corrected chi connectivity index (χ1v) is 14.5. The number of nitrogens with one attached hydrogen (secondary N) is 1. The maximum Gasteiger partial charge on any atom is 0.272 e. The molecule has 0 spiro atoms. The summed E-state index contributed by atoms with van der Waals surface area (Å²) in [6, 6.07) is 2.57. The van der Waals surface area contributed by atoms with Crippen LogP contribution in [0.25, 0.3) is 0 Å². The fraction of sp³-hybridized carbons (Fsp3) is 0.600. The first-order valence-electron chi connectivity index (χ1n) is 12.6. The van der Waals surface area contributed by atoms with Gasteiger partial charge in [0.2, 0.25) is 10.0 Å². The highest BCUT2D eigenvalue weighted by Crippen LogP contribution is 2.40. The molecule has 0 amide bonds. The Morgan fingerprint density at radius 1 is 1.08 bits per heavy atom. The van der Waals surface area contributed by atoms with Gasteiger partial charge >= 0.3 is 0 Å². The van der Waals surface area contributed by atoms with E-state index in [0.717, 1.165) is 6.54 Å². The molecule has 2 aliphatic heterocycles. The molecule has 4 rings (SSSR count). The van der Waals surface area contributed by atoms with Gasteiger partial charge in [0.15, 0.2) is 11.5 Å². The first-order chi connectivity index (χ1) is 17.6. The summed E-state index contributed by atoms with van der Waals surface area (Å²) in [5, 5.41) is 13.2. The number of morpholine rings is 1. The van der Waals surface area contributed by atoms with Crippen molar-refractivity contribution < 1.29 is 23.0 Å². The summed E-state index contributed by atoms with van der Waals surface area (Å²) < 4.78 is 38.6. The molecule has 2 aromatic rings. The Balaban J connectivity index is 0.000000733. The quantitative estimate of drug-likeness (QED) is 0.405. The smallest absolute Gasteiger partial charge is 0.272 e. The minimum absolute atomic E-state index is 0.0722. The van der Waals surface area contributed by atoms with Gasteiger partial charge in [-0.3, -0.25) is 14.5 Å². The second-order valence-electron chi connectivity index (χ2n) is 8.74. The summed E-state index contributed by atoms with van der Waals surface area (Å²) >= 11 is 6.17. The van der Waals surface area contributed by atoms with Gasteiger partial charge in [0.25, 0.3) is 10.9 Å². The molecule has 2 heterocycles. The number of ether oxygens (including phenoxy) is 2. The van der Waals surface area contributed by atoms with E-state index in [9.17, 15) is 23.1 Å². The number of anilines is 2. The van der Waals surface area contributed by atoms with Gasteiger partial charge in [0.05, 0.1) is 30.5 Å². The normalized spacial score (nSPS) is 18.2. The number of piperazine rings is 1. The maximum atomic E-state index is 13.3. The number of phenols is 1. The second-order valence-corrected chi connectivity index (χ2v) is 11.0. The van der Waals surface area contributed by atoms with E-state index in [1.54, 1.807) is 6.92 Å². The van der Waals surface area contributed by atoms with Crippen molar-refractivity contribution in [1.82, 2.24) is 9.21 Å². The molecule has 0 bridgehead atoms. The molecule has 0 aliphatic carbocycles. The van der Waals surface area contributed by atoms with Crippen LogP contribution in [0.1, 0.15) is 47.5 Å². The number of rotatable bonds is 6. The van der Waals surface area contributed by atoms with Crippen molar-refractivity contribution >= 4 is 33.0 Å². The molecule has 2 aromatic carbocycles. The van der Waals surface area contributed by atoms with Gasteiger partial charge in [0, 0.05) is 32.2 Å². The molecule has 208 valence electrons. The number of sulfonamides is 1. The van der Waals surface area contributed by atoms with Crippen LogP contribution < -0.4 is 20.9 Å². The SMILES string of the molecule is CCC.CCC.CCOc1c(Nc2ccc(Cl)c(S(=O)(=O)N3CCN4CCOCC4C3)c2O)c(=O)c1=O. The number of aromatic hydroxyl groups is 1. The maximum absolute atomic E-state index is 13.3. The van der Waals surface area contributed by atoms with E-state index in [4.69, 9.17) is 21.1 Å². The molecule has 2 fully saturated rings. The third-order valence-corrected chi connectivity index (χ3v) is 7.86. The van der Waals surface area contributed by atoms with Crippen LogP contribution in [0.15, 0.2) is 26.6 Å². The van der Waals surface area contributed by atoms with Crippen LogP contribution in [-0.4, -0.2) is 74.8 Å². The van der Waals surface area contributed by atoms with Gasteiger partial charge in [-0.25, -0.2) is 8.42 Å². The largest absolute Gasteiger partial charge is 0.504 e. The van der Waals surface area contributed by atoms with Crippen LogP contribution in [0.3, 0.4) is 0 Å². The topological polar surface area (TPSA) is 125 Å². The zero-order valence-electron chi connectivity index (χ0n) is 22.2. The molecule has 1 atom stereocenters. The molecule has 2 N–H and O–H groups in total. The van der Waals surface area contributed by atoms with Crippen molar-refractivity contribution in [3.8, 4) is 11.5 Å². The molecule has 0 aromatic heterocycles. The molecule has 2 aliphatic rings. The fourth-order valence-corrected chi connectivity index (χ4v) is 5.92. The van der Waals surface area contributed by atoms with E-state index in [2.05, 4.69) is 37.9 Å². The van der Waals surface area contributed by atoms with E-state index in [1.165, 1.54) is 29.3 Å². The average Bonchev–Trinajstić information content (AvgIpc) is 2.87. The Bertz CT molecular complexity index is 1210. The summed E-state index contributed by atoms with van der Waals surface area (Å²) in [6.45, 7) is 13.1. The molecule has 1 unspecified atom stereocenters. The monoisotopic (exact) mass is 559 g/mol. The fourth-order valence-electron chi connectivity index (χ4n) is 3.86. The number of halogens is 1. The molecule has 12 heteroatoms. The Kier molecular flexibility index (Phi) is 11.8. The third-order valence-electron chi connectivity index (χ3n) is 5.50. The first kappa shape index (κ1) is 31.0. The number of fused-ring (bicyclic) bond motifs is 1. The molecule has 0 radical (unpaired) electrons. The lowest BCUT2D eigenvalue weighted by atomic mass is 10.2. The highest BCUT2D eigenvalue weighted by Gasteiger charge is 2.38. The Morgan fingerprint density at radius 2 is 1.73 bits per heavy atom. The van der Waals surface area contributed by atoms with Crippen LogP contribution in [0.2, 0.25) is 5.02 Å². The Morgan fingerprint density at radius 3 is 2.35 bits per heavy atom. The number of benzene rings is 1. The number of hydrogen-bond donors (Lipinski definition) is 2. The van der Waals surface area contributed by atoms with Crippen molar-refractivity contribution in [2.24, 2.45) is 0 Å². The Labute approximate surface area is 223 Å². The predicted molar refractivity (Wildman–Crippen MR) is 146 cm³/mol. The zero-order valence-corrected chi connectivity index (χ0v) is 23.7. The van der Waals surface area contributed by atoms with E-state index in [-0.39, 0.29) is 47.9 Å². The molecule has 37 heavy (non-hydrogen) atoms. The molecular weight excluding hydrogens is 522 g/mol. The lowest BCUT2D eigenvalue weighted by Crippen LogP contribution is -2.59. The minimum Gasteiger partial charge on any atom is -0.504 e. The summed E-state index contributed by atoms with van der Waals surface area (Å²) in [6.07, 6.45) is 2.50. The van der Waals surface area contributed by atoms with Crippen molar-refractivity contribution in [3.63, 3.8) is 0 Å². The van der Waals surface area contributed by atoms with Crippen molar-refractivity contribution in [2.45, 2.75) is 58.4 Å². The van der Waals surface area contributed by atoms with Gasteiger partial charge in [-0.15, -0.1) is 0 Å². The van der Waals surface area contributed by atoms with Gasteiger partial charge in [0.1, 0.15) is 10.6 Å². The lowest BCUT2D eigenvalue weighted by molar-refractivity contribution is -0.0304. The van der Waals surface area contributed by atoms with Crippen LogP contribution >= 0.6 is 11.6 Å². The van der Waals surface area contributed by atoms with Gasteiger partial charge in [-0.2, -0.15) is 4.31 Å². The van der Waals surface area contributed by atoms with Gasteiger partial charge < -0.3 is 19.9 Å². The number of nitrogens with zero attached hydrogens (tertiary/aromatic N) is 2. The zero-order chi connectivity index (χ0) is 27.8. The van der Waals surface area contributed by atoms with Crippen LogP contribution in [-0.2, 0) is 14.8 Å². The minimum atomic E-state index is -4.14. The van der Waals surface area contributed by atoms with Gasteiger partial charge in [-0.05, 0) is 19.1 Å². The molecular formula is C25H38ClN3O7S. The summed E-state index contributed by atoms with van der Waals surface area (Å²) in [5.74, 6) is -0.787. The van der Waals surface area contributed by atoms with Crippen molar-refractivity contribution in [1.29, 1.82) is 0 Å². The standard InChI is InChI=1S/C19H22ClN3O7S.2C3H8/c1-2-30-18-14(16(25)17(18)26)21-13-4-3-12(20)19(15(13)24)31(27,28)23-6-5-22-7-8-29-10-11(22)9-23;2*1-3-2/h3-4,11,21,24H,2,5-10H2,1H3;2*3H2,1-2H3. The lowest BCUT2D eigenvalue weighted by Gasteiger charge is -2.43.